The van der Waals surface area contributed by atoms with Crippen LogP contribution in [-0.2, 0) is 0 Å². The zero-order valence-corrected chi connectivity index (χ0v) is 23.8. The Bertz CT molecular complexity index is 1790. The van der Waals surface area contributed by atoms with Crippen LogP contribution in [0.2, 0.25) is 0 Å². The van der Waals surface area contributed by atoms with Crippen molar-refractivity contribution >= 4 is 33.6 Å². The maximum atomic E-state index is 16.6. The van der Waals surface area contributed by atoms with Gasteiger partial charge in [0, 0.05) is 61.6 Å². The van der Waals surface area contributed by atoms with Crippen molar-refractivity contribution in [2.24, 2.45) is 0 Å². The molecular formula is C32H30F5N5O2. The molecule has 3 aliphatic heterocycles. The molecule has 4 aromatic rings. The predicted octanol–water partition coefficient (Wildman–Crippen LogP) is 6.66. The van der Waals surface area contributed by atoms with E-state index in [2.05, 4.69) is 26.4 Å². The first-order chi connectivity index (χ1) is 21.1. The van der Waals surface area contributed by atoms with E-state index in [1.54, 1.807) is 4.90 Å². The van der Waals surface area contributed by atoms with Crippen LogP contribution < -0.4 is 9.64 Å². The second-order valence-electron chi connectivity index (χ2n) is 12.0. The number of anilines is 1. The SMILES string of the molecule is C=Cc1c(F)ccc2cc(O)cc(-c3ncc4c(N5CCC(F)(F)CC5)nc(OC[C@@]56CCCN5C[C@H](F)C6)nc4c3F)c12. The molecule has 0 spiro atoms. The topological polar surface area (TPSA) is 74.6 Å². The maximum absolute atomic E-state index is 16.6. The van der Waals surface area contributed by atoms with Gasteiger partial charge in [0.2, 0.25) is 0 Å². The van der Waals surface area contributed by atoms with Crippen LogP contribution in [0.4, 0.5) is 27.8 Å². The summed E-state index contributed by atoms with van der Waals surface area (Å²) in [5.74, 6) is -4.26. The highest BCUT2D eigenvalue weighted by molar-refractivity contribution is 6.04. The number of hydrogen-bond acceptors (Lipinski definition) is 7. The lowest BCUT2D eigenvalue weighted by Gasteiger charge is -2.33. The summed E-state index contributed by atoms with van der Waals surface area (Å²) in [5, 5.41) is 11.4. The van der Waals surface area contributed by atoms with Gasteiger partial charge in [-0.15, -0.1) is 0 Å². The zero-order valence-electron chi connectivity index (χ0n) is 23.8. The first kappa shape index (κ1) is 28.7. The van der Waals surface area contributed by atoms with Gasteiger partial charge >= 0.3 is 6.01 Å². The Kier molecular flexibility index (Phi) is 6.87. The second kappa shape index (κ2) is 10.5. The van der Waals surface area contributed by atoms with E-state index in [9.17, 15) is 22.7 Å². The number of halogens is 5. The Balaban J connectivity index is 1.37. The van der Waals surface area contributed by atoms with Gasteiger partial charge in [-0.2, -0.15) is 9.97 Å². The third-order valence-corrected chi connectivity index (χ3v) is 9.22. The highest BCUT2D eigenvalue weighted by Gasteiger charge is 2.49. The molecule has 0 unspecified atom stereocenters. The molecule has 0 amide bonds. The van der Waals surface area contributed by atoms with E-state index >= 15 is 4.39 Å². The largest absolute Gasteiger partial charge is 0.508 e. The van der Waals surface area contributed by atoms with Crippen LogP contribution in [0.5, 0.6) is 11.8 Å². The molecule has 44 heavy (non-hydrogen) atoms. The molecule has 2 aromatic heterocycles. The fourth-order valence-corrected chi connectivity index (χ4v) is 7.05. The molecule has 1 N–H and O–H groups in total. The molecule has 2 atom stereocenters. The number of phenols is 1. The van der Waals surface area contributed by atoms with Crippen molar-refractivity contribution in [2.45, 2.75) is 49.7 Å². The Hall–Kier alpha value is -4.06. The van der Waals surface area contributed by atoms with Gasteiger partial charge in [0.15, 0.2) is 5.82 Å². The number of hydrogen-bond donors (Lipinski definition) is 1. The third-order valence-electron chi connectivity index (χ3n) is 9.22. The molecule has 0 bridgehead atoms. The minimum atomic E-state index is -2.82. The molecule has 5 heterocycles. The van der Waals surface area contributed by atoms with Crippen LogP contribution in [0.15, 0.2) is 37.0 Å². The van der Waals surface area contributed by atoms with E-state index in [1.165, 1.54) is 36.5 Å². The molecule has 0 radical (unpaired) electrons. The van der Waals surface area contributed by atoms with Crippen LogP contribution in [0.25, 0.3) is 39.0 Å². The Morgan fingerprint density at radius 2 is 1.89 bits per heavy atom. The Labute approximate surface area is 250 Å². The second-order valence-corrected chi connectivity index (χ2v) is 12.0. The number of phenolic OH excluding ortho intramolecular Hbond substituents is 1. The van der Waals surface area contributed by atoms with E-state index < -0.39 is 42.1 Å². The standard InChI is InChI=1S/C32H30F5N5O2/c1-2-21-24(34)5-4-18-12-20(43)13-22(25(18)21)27-26(35)28-23(15-38-27)29(41-10-7-32(36,37)8-11-41)40-30(39-28)44-17-31-6-3-9-42(31)16-19(33)14-31/h2,4-5,12-13,15,19,43H,1,3,6-11,14,16-17H2/t19-,31+/m1/s1. The van der Waals surface area contributed by atoms with Crippen molar-refractivity contribution in [3.63, 3.8) is 0 Å². The number of alkyl halides is 3. The van der Waals surface area contributed by atoms with E-state index in [-0.39, 0.29) is 65.0 Å². The molecule has 0 aliphatic carbocycles. The molecule has 12 heteroatoms. The lowest BCUT2D eigenvalue weighted by molar-refractivity contribution is -0.0221. The van der Waals surface area contributed by atoms with Crippen LogP contribution >= 0.6 is 0 Å². The number of fused-ring (bicyclic) bond motifs is 3. The summed E-state index contributed by atoms with van der Waals surface area (Å²) in [6.45, 7) is 4.82. The molecule has 3 fully saturated rings. The van der Waals surface area contributed by atoms with Crippen LogP contribution in [0.1, 0.15) is 37.7 Å². The summed E-state index contributed by atoms with van der Waals surface area (Å²) in [7, 11) is 0. The van der Waals surface area contributed by atoms with Gasteiger partial charge in [-0.05, 0) is 43.0 Å². The molecule has 7 nitrogen and oxygen atoms in total. The average Bonchev–Trinajstić information content (AvgIpc) is 3.51. The monoisotopic (exact) mass is 611 g/mol. The number of piperidine rings is 1. The van der Waals surface area contributed by atoms with Crippen LogP contribution in [-0.4, -0.2) is 75.4 Å². The van der Waals surface area contributed by atoms with Crippen molar-refractivity contribution in [1.29, 1.82) is 0 Å². The maximum Gasteiger partial charge on any atom is 0.319 e. The zero-order chi connectivity index (χ0) is 30.8. The third kappa shape index (κ3) is 4.79. The molecule has 230 valence electrons. The summed E-state index contributed by atoms with van der Waals surface area (Å²) in [6, 6.07) is 5.26. The van der Waals surface area contributed by atoms with Crippen LogP contribution in [0.3, 0.4) is 0 Å². The van der Waals surface area contributed by atoms with E-state index in [4.69, 9.17) is 4.74 Å². The van der Waals surface area contributed by atoms with E-state index in [0.717, 1.165) is 19.4 Å². The van der Waals surface area contributed by atoms with Gasteiger partial charge in [0.05, 0.1) is 10.9 Å². The van der Waals surface area contributed by atoms with Gasteiger partial charge in [0.1, 0.15) is 41.4 Å². The number of ether oxygens (including phenoxy) is 1. The van der Waals surface area contributed by atoms with Crippen molar-refractivity contribution < 1.29 is 31.8 Å². The van der Waals surface area contributed by atoms with Crippen molar-refractivity contribution in [2.75, 3.05) is 37.7 Å². The minimum absolute atomic E-state index is 0.0255. The molecule has 0 saturated carbocycles. The number of pyridine rings is 1. The van der Waals surface area contributed by atoms with Gasteiger partial charge in [-0.1, -0.05) is 18.7 Å². The smallest absolute Gasteiger partial charge is 0.319 e. The van der Waals surface area contributed by atoms with E-state index in [1.807, 2.05) is 0 Å². The number of rotatable bonds is 6. The number of aromatic hydroxyl groups is 1. The number of benzene rings is 2. The van der Waals surface area contributed by atoms with Crippen molar-refractivity contribution in [3.05, 3.63) is 54.2 Å². The van der Waals surface area contributed by atoms with Crippen molar-refractivity contribution in [3.8, 4) is 23.0 Å². The fourth-order valence-electron chi connectivity index (χ4n) is 7.05. The van der Waals surface area contributed by atoms with Crippen LogP contribution in [0, 0.1) is 11.6 Å². The highest BCUT2D eigenvalue weighted by atomic mass is 19.3. The Morgan fingerprint density at radius 1 is 1.09 bits per heavy atom. The number of nitrogens with zero attached hydrogens (tertiary/aromatic N) is 5. The molecule has 7 rings (SSSR count). The molecule has 2 aromatic carbocycles. The summed E-state index contributed by atoms with van der Waals surface area (Å²) < 4.78 is 79.9. The summed E-state index contributed by atoms with van der Waals surface area (Å²) in [5.41, 5.74) is -0.656. The van der Waals surface area contributed by atoms with Crippen molar-refractivity contribution in [1.82, 2.24) is 19.9 Å². The molecule has 3 saturated heterocycles. The summed E-state index contributed by atoms with van der Waals surface area (Å²) in [6.07, 6.45) is 2.84. The van der Waals surface area contributed by atoms with Gasteiger partial charge in [-0.25, -0.2) is 22.0 Å². The Morgan fingerprint density at radius 3 is 2.66 bits per heavy atom. The fraction of sp³-hybridized carbons (Fsp3) is 0.406. The lowest BCUT2D eigenvalue weighted by atomic mass is 9.95. The average molecular weight is 612 g/mol. The summed E-state index contributed by atoms with van der Waals surface area (Å²) >= 11 is 0. The first-order valence-corrected chi connectivity index (χ1v) is 14.7. The van der Waals surface area contributed by atoms with Gasteiger partial charge in [0.25, 0.3) is 5.92 Å². The summed E-state index contributed by atoms with van der Waals surface area (Å²) in [4.78, 5) is 17.0. The molecule has 3 aliphatic rings. The predicted molar refractivity (Wildman–Crippen MR) is 157 cm³/mol. The van der Waals surface area contributed by atoms with Gasteiger partial charge in [-0.3, -0.25) is 9.88 Å². The quantitative estimate of drug-likeness (QED) is 0.245. The molecular weight excluding hydrogens is 581 g/mol. The van der Waals surface area contributed by atoms with E-state index in [0.29, 0.717) is 23.7 Å². The normalized spacial score (nSPS) is 23.4. The first-order valence-electron chi connectivity index (χ1n) is 14.7. The van der Waals surface area contributed by atoms with Gasteiger partial charge < -0.3 is 14.7 Å². The minimum Gasteiger partial charge on any atom is -0.508 e. The highest BCUT2D eigenvalue weighted by Crippen LogP contribution is 2.42. The number of aromatic nitrogens is 3. The lowest BCUT2D eigenvalue weighted by Crippen LogP contribution is -2.43.